The van der Waals surface area contributed by atoms with E-state index >= 15 is 0 Å². The number of hydrogen-bond acceptors (Lipinski definition) is 7. The van der Waals surface area contributed by atoms with Crippen molar-refractivity contribution in [3.8, 4) is 0 Å². The minimum absolute atomic E-state index is 0.151. The van der Waals surface area contributed by atoms with Gasteiger partial charge in [-0.3, -0.25) is 9.69 Å². The molecule has 1 fully saturated rings. The van der Waals surface area contributed by atoms with Gasteiger partial charge in [0, 0.05) is 27.1 Å². The van der Waals surface area contributed by atoms with Crippen LogP contribution >= 0.6 is 0 Å². The van der Waals surface area contributed by atoms with Gasteiger partial charge in [-0.25, -0.2) is 0 Å². The molecule has 26 heavy (non-hydrogen) atoms. The molecule has 1 aromatic carbocycles. The van der Waals surface area contributed by atoms with Crippen LogP contribution in [0.1, 0.15) is 23.4 Å². The number of β-amino-alcohol motifs (C(OH)–C–C–N with tert-alkyl or cyclic N) is 1. The molecule has 0 bridgehead atoms. The molecule has 2 heterocycles. The van der Waals surface area contributed by atoms with E-state index in [4.69, 9.17) is 9.15 Å². The molecule has 1 unspecified atom stereocenters. The van der Waals surface area contributed by atoms with E-state index in [-0.39, 0.29) is 18.5 Å². The normalized spacial score (nSPS) is 21.3. The van der Waals surface area contributed by atoms with Crippen LogP contribution in [0.2, 0.25) is 0 Å². The smallest absolute Gasteiger partial charge is 0.256 e. The summed E-state index contributed by atoms with van der Waals surface area (Å²) >= 11 is 0. The van der Waals surface area contributed by atoms with Crippen LogP contribution in [0, 0.1) is 6.92 Å². The number of aromatic nitrogens is 2. The van der Waals surface area contributed by atoms with Crippen LogP contribution in [0.15, 0.2) is 34.7 Å². The fraction of sp³-hybridized carbons (Fsp3) is 0.500. The standard InChI is InChI=1S/C18H24N4O4/c1-12-19-20-16(26-12)11-21(2)14-9-22(10-15(14)23)18(24)17(25-3)13-7-5-4-6-8-13/h4-8,14-15,17,23H,9-11H2,1-3H3/t14?,15-,17-/m1/s1. The van der Waals surface area contributed by atoms with Gasteiger partial charge in [0.25, 0.3) is 5.91 Å². The number of benzene rings is 1. The molecule has 8 nitrogen and oxygen atoms in total. The number of nitrogens with zero attached hydrogens (tertiary/aromatic N) is 4. The molecule has 140 valence electrons. The Morgan fingerprint density at radius 1 is 1.38 bits per heavy atom. The number of carbonyl (C=O) groups is 1. The first-order valence-electron chi connectivity index (χ1n) is 8.53. The summed E-state index contributed by atoms with van der Waals surface area (Å²) < 4.78 is 10.8. The first kappa shape index (κ1) is 18.5. The van der Waals surface area contributed by atoms with Gasteiger partial charge < -0.3 is 19.2 Å². The maximum atomic E-state index is 12.9. The van der Waals surface area contributed by atoms with Crippen LogP contribution in [0.5, 0.6) is 0 Å². The van der Waals surface area contributed by atoms with Crippen molar-refractivity contribution in [3.05, 3.63) is 47.7 Å². The number of rotatable bonds is 6. The van der Waals surface area contributed by atoms with E-state index in [1.807, 2.05) is 42.3 Å². The molecule has 0 spiro atoms. The number of amides is 1. The molecule has 1 amide bonds. The van der Waals surface area contributed by atoms with Crippen LogP contribution in [-0.2, 0) is 16.1 Å². The van der Waals surface area contributed by atoms with E-state index < -0.39 is 12.2 Å². The van der Waals surface area contributed by atoms with E-state index in [9.17, 15) is 9.90 Å². The first-order chi connectivity index (χ1) is 12.5. The van der Waals surface area contributed by atoms with Crippen molar-refractivity contribution in [2.24, 2.45) is 0 Å². The zero-order valence-electron chi connectivity index (χ0n) is 15.2. The summed E-state index contributed by atoms with van der Waals surface area (Å²) in [6.45, 7) is 2.83. The third-order valence-corrected chi connectivity index (χ3v) is 4.65. The largest absolute Gasteiger partial charge is 0.424 e. The summed E-state index contributed by atoms with van der Waals surface area (Å²) in [5, 5.41) is 18.2. The molecule has 3 rings (SSSR count). The summed E-state index contributed by atoms with van der Waals surface area (Å²) in [5.41, 5.74) is 0.799. The van der Waals surface area contributed by atoms with Gasteiger partial charge in [0.05, 0.1) is 18.7 Å². The van der Waals surface area contributed by atoms with Gasteiger partial charge in [-0.05, 0) is 12.6 Å². The molecule has 0 radical (unpaired) electrons. The highest BCUT2D eigenvalue weighted by molar-refractivity contribution is 5.82. The lowest BCUT2D eigenvalue weighted by molar-refractivity contribution is -0.141. The van der Waals surface area contributed by atoms with Crippen LogP contribution in [-0.4, -0.2) is 70.4 Å². The van der Waals surface area contributed by atoms with E-state index in [1.54, 1.807) is 11.8 Å². The van der Waals surface area contributed by atoms with Crippen molar-refractivity contribution in [3.63, 3.8) is 0 Å². The summed E-state index contributed by atoms with van der Waals surface area (Å²) in [4.78, 5) is 16.5. The van der Waals surface area contributed by atoms with E-state index in [2.05, 4.69) is 10.2 Å². The average Bonchev–Trinajstić information content (AvgIpc) is 3.22. The number of likely N-dealkylation sites (N-methyl/N-ethyl adjacent to an activating group) is 1. The number of hydrogen-bond donors (Lipinski definition) is 1. The highest BCUT2D eigenvalue weighted by atomic mass is 16.5. The van der Waals surface area contributed by atoms with Crippen molar-refractivity contribution < 1.29 is 19.1 Å². The maximum absolute atomic E-state index is 12.9. The average molecular weight is 360 g/mol. The SMILES string of the molecule is CO[C@@H](C(=O)N1CC(N(C)Cc2nnc(C)o2)[C@H](O)C1)c1ccccc1. The predicted octanol–water partition coefficient (Wildman–Crippen LogP) is 0.769. The lowest BCUT2D eigenvalue weighted by Gasteiger charge is -2.25. The van der Waals surface area contributed by atoms with E-state index in [0.29, 0.717) is 24.9 Å². The zero-order chi connectivity index (χ0) is 18.7. The summed E-state index contributed by atoms with van der Waals surface area (Å²) in [5.74, 6) is 0.839. The van der Waals surface area contributed by atoms with E-state index in [1.165, 1.54) is 7.11 Å². The molecule has 0 saturated carbocycles. The van der Waals surface area contributed by atoms with Gasteiger partial charge in [-0.15, -0.1) is 10.2 Å². The zero-order valence-corrected chi connectivity index (χ0v) is 15.2. The summed E-state index contributed by atoms with van der Waals surface area (Å²) in [6.07, 6.45) is -1.33. The van der Waals surface area contributed by atoms with Gasteiger partial charge in [0.1, 0.15) is 0 Å². The molecule has 1 aliphatic heterocycles. The molecule has 1 aromatic heterocycles. The van der Waals surface area contributed by atoms with Crippen molar-refractivity contribution in [2.45, 2.75) is 31.7 Å². The Labute approximate surface area is 152 Å². The number of ether oxygens (including phenoxy) is 1. The highest BCUT2D eigenvalue weighted by Gasteiger charge is 2.39. The second-order valence-electron chi connectivity index (χ2n) is 6.53. The molecule has 1 aliphatic rings. The van der Waals surface area contributed by atoms with Gasteiger partial charge >= 0.3 is 0 Å². The topological polar surface area (TPSA) is 91.9 Å². The Hall–Kier alpha value is -2.29. The van der Waals surface area contributed by atoms with Crippen molar-refractivity contribution in [1.82, 2.24) is 20.0 Å². The molecule has 1 N–H and O–H groups in total. The quantitative estimate of drug-likeness (QED) is 0.813. The molecule has 8 heteroatoms. The van der Waals surface area contributed by atoms with Gasteiger partial charge in [-0.2, -0.15) is 0 Å². The molecule has 2 aromatic rings. The maximum Gasteiger partial charge on any atom is 0.256 e. The molecule has 1 saturated heterocycles. The third kappa shape index (κ3) is 3.92. The lowest BCUT2D eigenvalue weighted by atomic mass is 10.1. The molecular weight excluding hydrogens is 336 g/mol. The second-order valence-corrected chi connectivity index (χ2v) is 6.53. The first-order valence-corrected chi connectivity index (χ1v) is 8.53. The van der Waals surface area contributed by atoms with Crippen LogP contribution in [0.25, 0.3) is 0 Å². The van der Waals surface area contributed by atoms with Gasteiger partial charge in [0.2, 0.25) is 11.8 Å². The number of aryl methyl sites for hydroxylation is 1. The number of likely N-dealkylation sites (tertiary alicyclic amines) is 1. The predicted molar refractivity (Wildman–Crippen MR) is 93.1 cm³/mol. The van der Waals surface area contributed by atoms with E-state index in [0.717, 1.165) is 5.56 Å². The van der Waals surface area contributed by atoms with Crippen LogP contribution < -0.4 is 0 Å². The molecule has 3 atom stereocenters. The number of methoxy groups -OCH3 is 1. The summed E-state index contributed by atoms with van der Waals surface area (Å²) in [7, 11) is 3.38. The second kappa shape index (κ2) is 7.94. The minimum Gasteiger partial charge on any atom is -0.424 e. The Bertz CT molecular complexity index is 736. The van der Waals surface area contributed by atoms with Crippen molar-refractivity contribution >= 4 is 5.91 Å². The molecule has 0 aliphatic carbocycles. The Morgan fingerprint density at radius 3 is 2.73 bits per heavy atom. The Kier molecular flexibility index (Phi) is 5.65. The van der Waals surface area contributed by atoms with Gasteiger partial charge in [0.15, 0.2) is 6.10 Å². The van der Waals surface area contributed by atoms with Crippen LogP contribution in [0.3, 0.4) is 0 Å². The Balaban J connectivity index is 1.66. The number of carbonyl (C=O) groups excluding carboxylic acids is 1. The summed E-state index contributed by atoms with van der Waals surface area (Å²) in [6, 6.07) is 9.15. The highest BCUT2D eigenvalue weighted by Crippen LogP contribution is 2.24. The van der Waals surface area contributed by atoms with Crippen molar-refractivity contribution in [2.75, 3.05) is 27.2 Å². The minimum atomic E-state index is -0.675. The molecular formula is C18H24N4O4. The van der Waals surface area contributed by atoms with Crippen molar-refractivity contribution in [1.29, 1.82) is 0 Å². The number of aliphatic hydroxyl groups is 1. The fourth-order valence-electron chi connectivity index (χ4n) is 3.29. The Morgan fingerprint density at radius 2 is 2.12 bits per heavy atom. The monoisotopic (exact) mass is 360 g/mol. The fourth-order valence-corrected chi connectivity index (χ4v) is 3.29. The van der Waals surface area contributed by atoms with Gasteiger partial charge in [-0.1, -0.05) is 30.3 Å². The third-order valence-electron chi connectivity index (χ3n) is 4.65. The van der Waals surface area contributed by atoms with Crippen LogP contribution in [0.4, 0.5) is 0 Å². The number of aliphatic hydroxyl groups excluding tert-OH is 1. The lowest BCUT2D eigenvalue weighted by Crippen LogP contribution is -2.41.